The maximum absolute atomic E-state index is 11.9. The summed E-state index contributed by atoms with van der Waals surface area (Å²) in [6.07, 6.45) is 0.549. The first-order chi connectivity index (χ1) is 8.42. The second kappa shape index (κ2) is 5.92. The van der Waals surface area contributed by atoms with E-state index in [1.165, 1.54) is 23.8 Å². The number of carboxylic acids is 1. The van der Waals surface area contributed by atoms with Crippen molar-refractivity contribution >= 4 is 23.2 Å². The third kappa shape index (κ3) is 3.27. The van der Waals surface area contributed by atoms with Crippen molar-refractivity contribution in [2.45, 2.75) is 32.4 Å². The third-order valence-electron chi connectivity index (χ3n) is 2.78. The van der Waals surface area contributed by atoms with Gasteiger partial charge in [0.05, 0.1) is 6.54 Å². The van der Waals surface area contributed by atoms with Crippen LogP contribution in [0.25, 0.3) is 0 Å². The lowest BCUT2D eigenvalue weighted by molar-refractivity contribution is -0.142. The van der Waals surface area contributed by atoms with Gasteiger partial charge in [-0.2, -0.15) is 0 Å². The molecule has 0 spiro atoms. The summed E-state index contributed by atoms with van der Waals surface area (Å²) in [6.45, 7) is 3.76. The number of hydrogen-bond acceptors (Lipinski definition) is 5. The number of carbonyl (C=O) groups is 2. The molecule has 0 saturated heterocycles. The molecule has 1 atom stereocenters. The predicted octanol–water partition coefficient (Wildman–Crippen LogP) is 1.27. The van der Waals surface area contributed by atoms with Crippen LogP contribution in [0.15, 0.2) is 5.38 Å². The second-order valence-electron chi connectivity index (χ2n) is 3.90. The molecule has 1 amide bonds. The van der Waals surface area contributed by atoms with Crippen LogP contribution < -0.4 is 5.32 Å². The average Bonchev–Trinajstić information content (AvgIpc) is 2.83. The van der Waals surface area contributed by atoms with E-state index in [2.05, 4.69) is 10.3 Å². The van der Waals surface area contributed by atoms with Gasteiger partial charge in [0.1, 0.15) is 10.6 Å². The lowest BCUT2D eigenvalue weighted by Crippen LogP contribution is -2.45. The quantitative estimate of drug-likeness (QED) is 0.814. The van der Waals surface area contributed by atoms with Gasteiger partial charge in [0.25, 0.3) is 5.91 Å². The van der Waals surface area contributed by atoms with Crippen molar-refractivity contribution in [1.29, 1.82) is 0 Å². The van der Waals surface area contributed by atoms with Gasteiger partial charge >= 0.3 is 5.97 Å². The molecule has 1 heterocycles. The number of aromatic carboxylic acids is 1. The standard InChI is InChI=1S/C11H16N2O4S/c1-4-11(2,17-3)10(16)12-5-8-13-7(6-18-8)9(14)15/h6H,4-5H2,1-3H3,(H,12,16)(H,14,15). The number of ether oxygens (including phenoxy) is 1. The van der Waals surface area contributed by atoms with Crippen molar-refractivity contribution in [1.82, 2.24) is 10.3 Å². The summed E-state index contributed by atoms with van der Waals surface area (Å²) in [6, 6.07) is 0. The average molecular weight is 272 g/mol. The van der Waals surface area contributed by atoms with E-state index >= 15 is 0 Å². The smallest absolute Gasteiger partial charge is 0.355 e. The first-order valence-electron chi connectivity index (χ1n) is 5.44. The van der Waals surface area contributed by atoms with Gasteiger partial charge in [-0.3, -0.25) is 4.79 Å². The van der Waals surface area contributed by atoms with Crippen molar-refractivity contribution in [3.8, 4) is 0 Å². The molecule has 18 heavy (non-hydrogen) atoms. The van der Waals surface area contributed by atoms with E-state index in [0.29, 0.717) is 11.4 Å². The Morgan fingerprint density at radius 1 is 1.61 bits per heavy atom. The maximum atomic E-state index is 11.9. The van der Waals surface area contributed by atoms with Crippen LogP contribution in [0.1, 0.15) is 35.8 Å². The molecule has 1 aromatic rings. The molecule has 0 bridgehead atoms. The summed E-state index contributed by atoms with van der Waals surface area (Å²) in [4.78, 5) is 26.4. The Morgan fingerprint density at radius 2 is 2.28 bits per heavy atom. The van der Waals surface area contributed by atoms with Crippen molar-refractivity contribution < 1.29 is 19.4 Å². The number of thiazole rings is 1. The van der Waals surface area contributed by atoms with Gasteiger partial charge in [-0.15, -0.1) is 11.3 Å². The molecule has 1 rings (SSSR count). The van der Waals surface area contributed by atoms with E-state index < -0.39 is 11.6 Å². The van der Waals surface area contributed by atoms with E-state index in [9.17, 15) is 9.59 Å². The fourth-order valence-electron chi connectivity index (χ4n) is 1.23. The Bertz CT molecular complexity index is 440. The van der Waals surface area contributed by atoms with E-state index in [4.69, 9.17) is 9.84 Å². The molecule has 0 fully saturated rings. The van der Waals surface area contributed by atoms with Crippen LogP contribution in [0.3, 0.4) is 0 Å². The Kier molecular flexibility index (Phi) is 4.80. The summed E-state index contributed by atoms with van der Waals surface area (Å²) in [7, 11) is 1.48. The van der Waals surface area contributed by atoms with E-state index in [0.717, 1.165) is 0 Å². The topological polar surface area (TPSA) is 88.5 Å². The molecule has 2 N–H and O–H groups in total. The Hall–Kier alpha value is -1.47. The first kappa shape index (κ1) is 14.6. The van der Waals surface area contributed by atoms with Crippen molar-refractivity contribution in [3.63, 3.8) is 0 Å². The van der Waals surface area contributed by atoms with Crippen molar-refractivity contribution in [3.05, 3.63) is 16.1 Å². The molecule has 0 saturated carbocycles. The molecule has 7 heteroatoms. The SMILES string of the molecule is CCC(C)(OC)C(=O)NCc1nc(C(=O)O)cs1. The monoisotopic (exact) mass is 272 g/mol. The maximum Gasteiger partial charge on any atom is 0.355 e. The number of aromatic nitrogens is 1. The number of amides is 1. The number of carboxylic acid groups (broad SMARTS) is 1. The number of methoxy groups -OCH3 is 1. The largest absolute Gasteiger partial charge is 0.476 e. The van der Waals surface area contributed by atoms with Gasteiger partial charge in [-0.25, -0.2) is 9.78 Å². The molecule has 0 aromatic carbocycles. The zero-order valence-corrected chi connectivity index (χ0v) is 11.3. The molecule has 1 aromatic heterocycles. The highest BCUT2D eigenvalue weighted by Crippen LogP contribution is 2.15. The molecular weight excluding hydrogens is 256 g/mol. The molecule has 1 unspecified atom stereocenters. The van der Waals surface area contributed by atoms with E-state index in [-0.39, 0.29) is 18.1 Å². The molecule has 100 valence electrons. The number of carbonyl (C=O) groups excluding carboxylic acids is 1. The second-order valence-corrected chi connectivity index (χ2v) is 4.85. The summed E-state index contributed by atoms with van der Waals surface area (Å²) in [5.41, 5.74) is -0.873. The lowest BCUT2D eigenvalue weighted by Gasteiger charge is -2.24. The minimum atomic E-state index is -1.07. The number of nitrogens with one attached hydrogen (secondary N) is 1. The van der Waals surface area contributed by atoms with Crippen LogP contribution in [0.4, 0.5) is 0 Å². The van der Waals surface area contributed by atoms with Crippen molar-refractivity contribution in [2.75, 3.05) is 7.11 Å². The number of nitrogens with zero attached hydrogens (tertiary/aromatic N) is 1. The lowest BCUT2D eigenvalue weighted by atomic mass is 10.0. The first-order valence-corrected chi connectivity index (χ1v) is 6.32. The normalized spacial score (nSPS) is 13.9. The minimum absolute atomic E-state index is 0.00533. The number of rotatable bonds is 6. The minimum Gasteiger partial charge on any atom is -0.476 e. The highest BCUT2D eigenvalue weighted by molar-refractivity contribution is 7.09. The molecular formula is C11H16N2O4S. The van der Waals surface area contributed by atoms with Gasteiger partial charge in [0.2, 0.25) is 0 Å². The van der Waals surface area contributed by atoms with Gasteiger partial charge in [0.15, 0.2) is 5.69 Å². The van der Waals surface area contributed by atoms with Crippen LogP contribution in [-0.2, 0) is 16.1 Å². The van der Waals surface area contributed by atoms with E-state index in [1.54, 1.807) is 6.92 Å². The molecule has 0 aliphatic rings. The molecule has 0 aliphatic heterocycles. The van der Waals surface area contributed by atoms with Gasteiger partial charge in [-0.05, 0) is 13.3 Å². The van der Waals surface area contributed by atoms with Gasteiger partial charge in [-0.1, -0.05) is 6.92 Å². The third-order valence-corrected chi connectivity index (χ3v) is 3.63. The van der Waals surface area contributed by atoms with Gasteiger partial charge < -0.3 is 15.2 Å². The molecule has 0 radical (unpaired) electrons. The Labute approximate surface area is 109 Å². The summed E-state index contributed by atoms with van der Waals surface area (Å²) >= 11 is 1.20. The summed E-state index contributed by atoms with van der Waals surface area (Å²) in [5, 5.41) is 13.4. The zero-order valence-electron chi connectivity index (χ0n) is 10.5. The Morgan fingerprint density at radius 3 is 2.72 bits per heavy atom. The van der Waals surface area contributed by atoms with E-state index in [1.807, 2.05) is 6.92 Å². The molecule has 6 nitrogen and oxygen atoms in total. The van der Waals surface area contributed by atoms with Crippen LogP contribution in [0.5, 0.6) is 0 Å². The fraction of sp³-hybridized carbons (Fsp3) is 0.545. The highest BCUT2D eigenvalue weighted by atomic mass is 32.1. The highest BCUT2D eigenvalue weighted by Gasteiger charge is 2.30. The van der Waals surface area contributed by atoms with Crippen LogP contribution in [0, 0.1) is 0 Å². The predicted molar refractivity (Wildman–Crippen MR) is 66.6 cm³/mol. The van der Waals surface area contributed by atoms with Crippen molar-refractivity contribution in [2.24, 2.45) is 0 Å². The molecule has 0 aliphatic carbocycles. The van der Waals surface area contributed by atoms with Crippen LogP contribution in [0.2, 0.25) is 0 Å². The fourth-order valence-corrected chi connectivity index (χ4v) is 1.94. The van der Waals surface area contributed by atoms with Gasteiger partial charge in [0, 0.05) is 12.5 Å². The number of hydrogen-bond donors (Lipinski definition) is 2. The Balaban J connectivity index is 2.59. The van der Waals surface area contributed by atoms with Crippen LogP contribution in [-0.4, -0.2) is 34.7 Å². The summed E-state index contributed by atoms with van der Waals surface area (Å²) in [5.74, 6) is -1.31. The summed E-state index contributed by atoms with van der Waals surface area (Å²) < 4.78 is 5.16. The van der Waals surface area contributed by atoms with Crippen LogP contribution >= 0.6 is 11.3 Å². The zero-order chi connectivity index (χ0) is 13.8.